The molecule has 1 aromatic rings. The molecular weight excluding hydrogens is 236 g/mol. The highest BCUT2D eigenvalue weighted by Crippen LogP contribution is 2.12. The van der Waals surface area contributed by atoms with E-state index < -0.39 is 0 Å². The molecule has 1 fully saturated rings. The van der Waals surface area contributed by atoms with Gasteiger partial charge >= 0.3 is 0 Å². The third-order valence-corrected chi connectivity index (χ3v) is 3.30. The van der Waals surface area contributed by atoms with Gasteiger partial charge in [0.15, 0.2) is 0 Å². The predicted octanol–water partition coefficient (Wildman–Crippen LogP) is 1.62. The molecule has 2 unspecified atom stereocenters. The Bertz CT molecular complexity index is 376. The number of hydrogen-bond donors (Lipinski definition) is 1. The summed E-state index contributed by atoms with van der Waals surface area (Å²) in [4.78, 5) is 11.1. The number of halogens is 1. The van der Waals surface area contributed by atoms with Crippen LogP contribution in [0.4, 0.5) is 0 Å². The molecule has 1 saturated heterocycles. The first-order valence-corrected chi connectivity index (χ1v) is 6.40. The number of rotatable bonds is 2. The van der Waals surface area contributed by atoms with Gasteiger partial charge in [-0.1, -0.05) is 11.6 Å². The molecule has 1 aromatic heterocycles. The topological polar surface area (TPSA) is 41.1 Å². The quantitative estimate of drug-likeness (QED) is 0.815. The van der Waals surface area contributed by atoms with Crippen LogP contribution in [0.15, 0.2) is 6.07 Å². The lowest BCUT2D eigenvalue weighted by atomic mass is 10.1. The Morgan fingerprint density at radius 2 is 2.24 bits per heavy atom. The first-order chi connectivity index (χ1) is 8.04. The molecule has 94 valence electrons. The van der Waals surface area contributed by atoms with E-state index in [1.807, 2.05) is 6.92 Å². The van der Waals surface area contributed by atoms with Crippen molar-refractivity contribution in [3.63, 3.8) is 0 Å². The summed E-state index contributed by atoms with van der Waals surface area (Å²) in [6.45, 7) is 9.17. The van der Waals surface area contributed by atoms with E-state index in [1.165, 1.54) is 0 Å². The van der Waals surface area contributed by atoms with Crippen LogP contribution < -0.4 is 5.32 Å². The minimum Gasteiger partial charge on any atom is -0.311 e. The van der Waals surface area contributed by atoms with E-state index in [2.05, 4.69) is 34.0 Å². The van der Waals surface area contributed by atoms with Gasteiger partial charge in [-0.15, -0.1) is 0 Å². The summed E-state index contributed by atoms with van der Waals surface area (Å²) >= 11 is 5.95. The molecule has 1 N–H and O–H groups in total. The number of hydrogen-bond acceptors (Lipinski definition) is 4. The molecule has 2 atom stereocenters. The van der Waals surface area contributed by atoms with Crippen LogP contribution in [0.2, 0.25) is 5.15 Å². The summed E-state index contributed by atoms with van der Waals surface area (Å²) in [6.07, 6.45) is 0. The van der Waals surface area contributed by atoms with Gasteiger partial charge in [-0.25, -0.2) is 9.97 Å². The second-order valence-corrected chi connectivity index (χ2v) is 5.22. The fraction of sp³-hybridized carbons (Fsp3) is 0.667. The van der Waals surface area contributed by atoms with Gasteiger partial charge in [-0.05, 0) is 26.8 Å². The summed E-state index contributed by atoms with van der Waals surface area (Å²) in [5.74, 6) is 0.816. The van der Waals surface area contributed by atoms with Gasteiger partial charge in [-0.2, -0.15) is 0 Å². The van der Waals surface area contributed by atoms with Crippen molar-refractivity contribution < 1.29 is 0 Å². The number of aromatic nitrogens is 2. The summed E-state index contributed by atoms with van der Waals surface area (Å²) in [5.41, 5.74) is 0.927. The maximum Gasteiger partial charge on any atom is 0.144 e. The van der Waals surface area contributed by atoms with Crippen LogP contribution >= 0.6 is 11.6 Å². The van der Waals surface area contributed by atoms with E-state index in [4.69, 9.17) is 11.6 Å². The second kappa shape index (κ2) is 5.29. The van der Waals surface area contributed by atoms with Crippen molar-refractivity contribution in [2.45, 2.75) is 39.4 Å². The van der Waals surface area contributed by atoms with Gasteiger partial charge in [0.2, 0.25) is 0 Å². The van der Waals surface area contributed by atoms with E-state index in [0.717, 1.165) is 31.2 Å². The third kappa shape index (κ3) is 3.37. The molecule has 0 amide bonds. The first-order valence-electron chi connectivity index (χ1n) is 6.02. The fourth-order valence-electron chi connectivity index (χ4n) is 2.16. The predicted molar refractivity (Wildman–Crippen MR) is 69.1 cm³/mol. The van der Waals surface area contributed by atoms with Crippen LogP contribution in [0.25, 0.3) is 0 Å². The van der Waals surface area contributed by atoms with Crippen molar-refractivity contribution in [3.8, 4) is 0 Å². The minimum absolute atomic E-state index is 0.508. The van der Waals surface area contributed by atoms with Crippen molar-refractivity contribution in [2.75, 3.05) is 13.1 Å². The molecular formula is C12H19ClN4. The summed E-state index contributed by atoms with van der Waals surface area (Å²) in [7, 11) is 0. The van der Waals surface area contributed by atoms with Crippen molar-refractivity contribution in [2.24, 2.45) is 0 Å². The highest BCUT2D eigenvalue weighted by atomic mass is 35.5. The maximum atomic E-state index is 5.95. The largest absolute Gasteiger partial charge is 0.311 e. The highest BCUT2D eigenvalue weighted by Gasteiger charge is 2.23. The van der Waals surface area contributed by atoms with E-state index >= 15 is 0 Å². The highest BCUT2D eigenvalue weighted by molar-refractivity contribution is 6.29. The summed E-state index contributed by atoms with van der Waals surface area (Å²) in [6, 6.07) is 2.81. The molecule has 0 radical (unpaired) electrons. The van der Waals surface area contributed by atoms with Crippen molar-refractivity contribution in [1.29, 1.82) is 0 Å². The SMILES string of the molecule is Cc1cc(Cl)nc(CN2CC(C)NCC2C)n1. The van der Waals surface area contributed by atoms with Crippen LogP contribution in [0.1, 0.15) is 25.4 Å². The van der Waals surface area contributed by atoms with Gasteiger partial charge in [-0.3, -0.25) is 4.90 Å². The van der Waals surface area contributed by atoms with Gasteiger partial charge in [0.25, 0.3) is 0 Å². The Kier molecular flexibility index (Phi) is 3.97. The van der Waals surface area contributed by atoms with E-state index in [0.29, 0.717) is 17.2 Å². The molecule has 2 rings (SSSR count). The lowest BCUT2D eigenvalue weighted by molar-refractivity contribution is 0.135. The van der Waals surface area contributed by atoms with Crippen LogP contribution in [0.5, 0.6) is 0 Å². The zero-order valence-electron chi connectivity index (χ0n) is 10.6. The molecule has 5 heteroatoms. The lowest BCUT2D eigenvalue weighted by Crippen LogP contribution is -2.53. The van der Waals surface area contributed by atoms with Crippen LogP contribution in [0, 0.1) is 6.92 Å². The molecule has 4 nitrogen and oxygen atoms in total. The van der Waals surface area contributed by atoms with Gasteiger partial charge in [0, 0.05) is 30.9 Å². The lowest BCUT2D eigenvalue weighted by Gasteiger charge is -2.37. The van der Waals surface area contributed by atoms with Crippen LogP contribution in [-0.4, -0.2) is 40.0 Å². The van der Waals surface area contributed by atoms with Gasteiger partial charge < -0.3 is 5.32 Å². The second-order valence-electron chi connectivity index (χ2n) is 4.84. The third-order valence-electron chi connectivity index (χ3n) is 3.11. The van der Waals surface area contributed by atoms with Crippen LogP contribution in [-0.2, 0) is 6.54 Å². The minimum atomic E-state index is 0.508. The summed E-state index contributed by atoms with van der Waals surface area (Å²) in [5, 5.41) is 3.99. The molecule has 17 heavy (non-hydrogen) atoms. The molecule has 0 aromatic carbocycles. The number of piperazine rings is 1. The van der Waals surface area contributed by atoms with Gasteiger partial charge in [0.05, 0.1) is 6.54 Å². The molecule has 1 aliphatic rings. The van der Waals surface area contributed by atoms with Crippen LogP contribution in [0.3, 0.4) is 0 Å². The molecule has 1 aliphatic heterocycles. The first kappa shape index (κ1) is 12.7. The summed E-state index contributed by atoms with van der Waals surface area (Å²) < 4.78 is 0. The molecule has 0 spiro atoms. The fourth-order valence-corrected chi connectivity index (χ4v) is 2.41. The Balaban J connectivity index is 2.08. The molecule has 2 heterocycles. The molecule has 0 bridgehead atoms. The molecule has 0 saturated carbocycles. The average molecular weight is 255 g/mol. The smallest absolute Gasteiger partial charge is 0.144 e. The maximum absolute atomic E-state index is 5.95. The van der Waals surface area contributed by atoms with E-state index in [1.54, 1.807) is 6.07 Å². The molecule has 0 aliphatic carbocycles. The van der Waals surface area contributed by atoms with E-state index in [-0.39, 0.29) is 0 Å². The van der Waals surface area contributed by atoms with Crippen molar-refractivity contribution in [1.82, 2.24) is 20.2 Å². The normalized spacial score (nSPS) is 26.1. The number of nitrogens with one attached hydrogen (secondary N) is 1. The Hall–Kier alpha value is -0.710. The monoisotopic (exact) mass is 254 g/mol. The standard InChI is InChI=1S/C12H19ClN4/c1-8-4-11(13)16-12(15-8)7-17-6-9(2)14-5-10(17)3/h4,9-10,14H,5-7H2,1-3H3. The van der Waals surface area contributed by atoms with Gasteiger partial charge in [0.1, 0.15) is 11.0 Å². The van der Waals surface area contributed by atoms with E-state index in [9.17, 15) is 0 Å². The number of aryl methyl sites for hydroxylation is 1. The Morgan fingerprint density at radius 3 is 2.94 bits per heavy atom. The zero-order chi connectivity index (χ0) is 12.4. The van der Waals surface area contributed by atoms with Crippen molar-refractivity contribution >= 4 is 11.6 Å². The average Bonchev–Trinajstić information content (AvgIpc) is 2.22. The Labute approximate surface area is 107 Å². The van der Waals surface area contributed by atoms with Crippen molar-refractivity contribution in [3.05, 3.63) is 22.7 Å². The Morgan fingerprint density at radius 1 is 1.47 bits per heavy atom. The zero-order valence-corrected chi connectivity index (χ0v) is 11.3. The number of nitrogens with zero attached hydrogens (tertiary/aromatic N) is 3.